The van der Waals surface area contributed by atoms with Crippen LogP contribution in [0.5, 0.6) is 0 Å². The number of hydrogen-bond acceptors (Lipinski definition) is 12. The maximum absolute atomic E-state index is 12.8. The number of carbonyl (C=O) groups is 2. The predicted molar refractivity (Wildman–Crippen MR) is 249 cm³/mol. The van der Waals surface area contributed by atoms with Gasteiger partial charge in [0.05, 0.1) is 6.61 Å². The van der Waals surface area contributed by atoms with Gasteiger partial charge in [0.25, 0.3) is 0 Å². The van der Waals surface area contributed by atoms with Gasteiger partial charge in [-0.3, -0.25) is 18.6 Å². The van der Waals surface area contributed by atoms with Gasteiger partial charge in [-0.25, -0.2) is 4.57 Å². The van der Waals surface area contributed by atoms with Crippen LogP contribution in [0, 0.1) is 0 Å². The summed E-state index contributed by atoms with van der Waals surface area (Å²) < 4.78 is 33.5. The number of hydrogen-bond donors (Lipinski definition) is 6. The molecule has 0 aromatic heterocycles. The molecule has 0 heterocycles. The van der Waals surface area contributed by atoms with Crippen molar-refractivity contribution in [2.45, 2.75) is 249 Å². The molecule has 368 valence electrons. The zero-order valence-corrected chi connectivity index (χ0v) is 40.0. The van der Waals surface area contributed by atoms with Crippen LogP contribution in [-0.2, 0) is 32.7 Å². The van der Waals surface area contributed by atoms with E-state index in [0.717, 1.165) is 51.4 Å². The molecule has 6 N–H and O–H groups in total. The Bertz CT molecular complexity index is 1240. The van der Waals surface area contributed by atoms with Crippen LogP contribution in [0.3, 0.4) is 0 Å². The number of carbonyl (C=O) groups excluding carboxylic acids is 2. The van der Waals surface area contributed by atoms with E-state index >= 15 is 0 Å². The summed E-state index contributed by atoms with van der Waals surface area (Å²) in [7, 11) is -5.13. The van der Waals surface area contributed by atoms with E-state index in [1.165, 1.54) is 116 Å². The average molecular weight is 917 g/mol. The first-order valence-electron chi connectivity index (χ1n) is 24.8. The molecular formula is C49H89O13P. The molecule has 8 atom stereocenters. The highest BCUT2D eigenvalue weighted by molar-refractivity contribution is 7.47. The van der Waals surface area contributed by atoms with Crippen molar-refractivity contribution in [3.05, 3.63) is 36.5 Å². The van der Waals surface area contributed by atoms with Gasteiger partial charge in [-0.1, -0.05) is 179 Å². The van der Waals surface area contributed by atoms with Gasteiger partial charge >= 0.3 is 19.8 Å². The van der Waals surface area contributed by atoms with Gasteiger partial charge in [-0.05, 0) is 51.4 Å². The molecule has 6 unspecified atom stereocenters. The van der Waals surface area contributed by atoms with Gasteiger partial charge in [-0.2, -0.15) is 0 Å². The lowest BCUT2D eigenvalue weighted by Gasteiger charge is -2.41. The molecule has 0 amide bonds. The van der Waals surface area contributed by atoms with Crippen molar-refractivity contribution >= 4 is 19.8 Å². The molecular weight excluding hydrogens is 828 g/mol. The first kappa shape index (κ1) is 59.1. The summed E-state index contributed by atoms with van der Waals surface area (Å²) in [6.45, 7) is 3.26. The maximum Gasteiger partial charge on any atom is 0.472 e. The van der Waals surface area contributed by atoms with Crippen LogP contribution in [0.25, 0.3) is 0 Å². The molecule has 1 saturated carbocycles. The Labute approximate surface area is 380 Å². The molecule has 0 radical (unpaired) electrons. The van der Waals surface area contributed by atoms with Crippen LogP contribution in [0.2, 0.25) is 0 Å². The molecule has 13 nitrogen and oxygen atoms in total. The third-order valence-corrected chi connectivity index (χ3v) is 12.5. The molecule has 1 fully saturated rings. The number of phosphoric acid groups is 1. The van der Waals surface area contributed by atoms with E-state index in [1.54, 1.807) is 0 Å². The van der Waals surface area contributed by atoms with E-state index in [4.69, 9.17) is 18.5 Å². The number of unbranched alkanes of at least 4 members (excludes halogenated alkanes) is 23. The molecule has 1 rings (SSSR count). The highest BCUT2D eigenvalue weighted by atomic mass is 31.2. The lowest BCUT2D eigenvalue weighted by molar-refractivity contribution is -0.220. The third kappa shape index (κ3) is 31.6. The molecule has 14 heteroatoms. The van der Waals surface area contributed by atoms with Crippen LogP contribution in [-0.4, -0.2) is 98.3 Å². The average Bonchev–Trinajstić information content (AvgIpc) is 3.26. The largest absolute Gasteiger partial charge is 0.472 e. The van der Waals surface area contributed by atoms with Gasteiger partial charge in [0.2, 0.25) is 0 Å². The van der Waals surface area contributed by atoms with Gasteiger partial charge in [-0.15, -0.1) is 0 Å². The van der Waals surface area contributed by atoms with E-state index < -0.39 is 75.7 Å². The van der Waals surface area contributed by atoms with E-state index in [0.29, 0.717) is 12.8 Å². The zero-order valence-electron chi connectivity index (χ0n) is 39.1. The number of aliphatic hydroxyl groups excluding tert-OH is 5. The molecule has 0 aromatic carbocycles. The standard InChI is InChI=1S/C49H89O13P/c1-3-5-7-9-11-13-15-17-19-20-21-22-24-25-27-29-31-33-35-37-42(50)59-39-41(40-60-63(57,58)62-49-47(55)45(53)44(52)46(54)48(49)56)61-43(51)38-36-34-32-30-28-26-23-18-16-14-12-10-8-6-4-2/h12,14,18,23,28,30,41,44-49,52-56H,3-11,13,15-17,19-22,24-27,29,31-40H2,1-2H3,(H,57,58)/b14-12-,23-18-,30-28-/t41-,44?,45-,46?,47?,48?,49?/m1/s1. The van der Waals surface area contributed by atoms with E-state index in [-0.39, 0.29) is 12.8 Å². The molecule has 0 bridgehead atoms. The fraction of sp³-hybridized carbons (Fsp3) is 0.837. The summed E-state index contributed by atoms with van der Waals surface area (Å²) in [5.41, 5.74) is 0. The second kappa shape index (κ2) is 39.3. The van der Waals surface area contributed by atoms with Crippen molar-refractivity contribution < 1.29 is 63.1 Å². The minimum Gasteiger partial charge on any atom is -0.462 e. The fourth-order valence-electron chi connectivity index (χ4n) is 7.47. The fourth-order valence-corrected chi connectivity index (χ4v) is 8.44. The van der Waals surface area contributed by atoms with Crippen molar-refractivity contribution in [2.24, 2.45) is 0 Å². The number of aliphatic hydroxyl groups is 5. The summed E-state index contributed by atoms with van der Waals surface area (Å²) >= 11 is 0. The summed E-state index contributed by atoms with van der Waals surface area (Å²) in [4.78, 5) is 35.7. The minimum atomic E-state index is -5.13. The lowest BCUT2D eigenvalue weighted by atomic mass is 9.85. The summed E-state index contributed by atoms with van der Waals surface area (Å²) in [6, 6.07) is 0. The zero-order chi connectivity index (χ0) is 46.4. The van der Waals surface area contributed by atoms with Crippen LogP contribution in [0.1, 0.15) is 206 Å². The third-order valence-electron chi connectivity index (χ3n) is 11.5. The first-order chi connectivity index (χ1) is 30.4. The Balaban J connectivity index is 2.43. The number of allylic oxidation sites excluding steroid dienone is 6. The molecule has 0 aromatic rings. The highest BCUT2D eigenvalue weighted by Gasteiger charge is 2.51. The van der Waals surface area contributed by atoms with Gasteiger partial charge < -0.3 is 39.9 Å². The van der Waals surface area contributed by atoms with Crippen LogP contribution < -0.4 is 0 Å². The smallest absolute Gasteiger partial charge is 0.462 e. The quantitative estimate of drug-likeness (QED) is 0.0146. The van der Waals surface area contributed by atoms with Gasteiger partial charge in [0.15, 0.2) is 6.10 Å². The second-order valence-electron chi connectivity index (χ2n) is 17.3. The van der Waals surface area contributed by atoms with Crippen molar-refractivity contribution in [2.75, 3.05) is 13.2 Å². The Hall–Kier alpha value is -1.93. The normalized spacial score (nSPS) is 22.0. The second-order valence-corrected chi connectivity index (χ2v) is 18.7. The van der Waals surface area contributed by atoms with Gasteiger partial charge in [0.1, 0.15) is 43.2 Å². The van der Waals surface area contributed by atoms with E-state index in [9.17, 15) is 44.6 Å². The summed E-state index contributed by atoms with van der Waals surface area (Å²) in [6.07, 6.45) is 32.0. The molecule has 1 aliphatic rings. The SMILES string of the molecule is CCCCC/C=C\C/C=C\C/C=C\CCCCC(=O)O[C@H](COC(=O)CCCCCCCCCCCCCCCCCCCCC)COP(=O)(O)OC1C(O)C(O)C(O)[C@@H](O)C1O. The molecule has 63 heavy (non-hydrogen) atoms. The van der Waals surface area contributed by atoms with Crippen LogP contribution in [0.4, 0.5) is 0 Å². The number of phosphoric ester groups is 1. The Morgan fingerprint density at radius 3 is 1.33 bits per heavy atom. The molecule has 0 aliphatic heterocycles. The van der Waals surface area contributed by atoms with Crippen LogP contribution >= 0.6 is 7.82 Å². The maximum atomic E-state index is 12.8. The van der Waals surface area contributed by atoms with Crippen molar-refractivity contribution in [1.29, 1.82) is 0 Å². The number of ether oxygens (including phenoxy) is 2. The van der Waals surface area contributed by atoms with Crippen molar-refractivity contribution in [3.63, 3.8) is 0 Å². The highest BCUT2D eigenvalue weighted by Crippen LogP contribution is 2.47. The minimum absolute atomic E-state index is 0.0496. The van der Waals surface area contributed by atoms with Crippen LogP contribution in [0.15, 0.2) is 36.5 Å². The topological polar surface area (TPSA) is 210 Å². The predicted octanol–water partition coefficient (Wildman–Crippen LogP) is 10.2. The van der Waals surface area contributed by atoms with Crippen molar-refractivity contribution in [3.8, 4) is 0 Å². The lowest BCUT2D eigenvalue weighted by Crippen LogP contribution is -2.64. The number of esters is 2. The monoisotopic (exact) mass is 917 g/mol. The van der Waals surface area contributed by atoms with Gasteiger partial charge in [0, 0.05) is 12.8 Å². The summed E-state index contributed by atoms with van der Waals surface area (Å²) in [5.74, 6) is -1.14. The summed E-state index contributed by atoms with van der Waals surface area (Å²) in [5, 5.41) is 50.2. The van der Waals surface area contributed by atoms with E-state index in [2.05, 4.69) is 50.3 Å². The Morgan fingerprint density at radius 2 is 0.857 bits per heavy atom. The molecule has 0 spiro atoms. The first-order valence-corrected chi connectivity index (χ1v) is 26.3. The van der Waals surface area contributed by atoms with E-state index in [1.807, 2.05) is 0 Å². The van der Waals surface area contributed by atoms with Crippen molar-refractivity contribution in [1.82, 2.24) is 0 Å². The number of rotatable bonds is 41. The molecule has 0 saturated heterocycles. The Kier molecular flexibility index (Phi) is 36.8. The molecule has 1 aliphatic carbocycles. The Morgan fingerprint density at radius 1 is 0.492 bits per heavy atom.